The van der Waals surface area contributed by atoms with Crippen molar-refractivity contribution in [1.82, 2.24) is 5.32 Å². The molecule has 1 aromatic carbocycles. The number of alkyl halides is 1. The first kappa shape index (κ1) is 14.5. The fraction of sp³-hybridized carbons (Fsp3) is 0.533. The monoisotopic (exact) mass is 327 g/mol. The Labute approximate surface area is 121 Å². The van der Waals surface area contributed by atoms with Crippen molar-refractivity contribution >= 4 is 21.8 Å². The molecule has 2 atom stereocenters. The minimum absolute atomic E-state index is 0.181. The van der Waals surface area contributed by atoms with E-state index < -0.39 is 0 Å². The number of halogens is 2. The molecule has 104 valence electrons. The minimum atomic E-state index is -0.358. The summed E-state index contributed by atoms with van der Waals surface area (Å²) in [5.74, 6) is -0.0145. The van der Waals surface area contributed by atoms with Crippen LogP contribution >= 0.6 is 15.9 Å². The van der Waals surface area contributed by atoms with Crippen LogP contribution in [0.5, 0.6) is 0 Å². The van der Waals surface area contributed by atoms with E-state index in [0.29, 0.717) is 22.9 Å². The van der Waals surface area contributed by atoms with Crippen molar-refractivity contribution < 1.29 is 9.18 Å². The summed E-state index contributed by atoms with van der Waals surface area (Å²) in [4.78, 5) is 12.6. The summed E-state index contributed by atoms with van der Waals surface area (Å²) in [7, 11) is 0. The van der Waals surface area contributed by atoms with Crippen LogP contribution in [0.25, 0.3) is 0 Å². The van der Waals surface area contributed by atoms with Gasteiger partial charge in [-0.2, -0.15) is 0 Å². The largest absolute Gasteiger partial charge is 0.352 e. The molecule has 1 N–H and O–H groups in total. The molecule has 0 saturated heterocycles. The molecule has 1 fully saturated rings. The van der Waals surface area contributed by atoms with Crippen molar-refractivity contribution in [3.8, 4) is 0 Å². The molecule has 0 aromatic heterocycles. The van der Waals surface area contributed by atoms with Crippen molar-refractivity contribution in [2.45, 2.75) is 37.4 Å². The highest BCUT2D eigenvalue weighted by molar-refractivity contribution is 9.09. The zero-order valence-corrected chi connectivity index (χ0v) is 12.7. The van der Waals surface area contributed by atoms with Gasteiger partial charge in [-0.25, -0.2) is 4.39 Å². The lowest BCUT2D eigenvalue weighted by atomic mass is 9.89. The molecule has 0 bridgehead atoms. The topological polar surface area (TPSA) is 29.1 Å². The van der Waals surface area contributed by atoms with Gasteiger partial charge in [-0.15, -0.1) is 0 Å². The van der Waals surface area contributed by atoms with Crippen LogP contribution in [0.3, 0.4) is 0 Å². The molecule has 1 amide bonds. The van der Waals surface area contributed by atoms with Gasteiger partial charge in [0.25, 0.3) is 5.91 Å². The third-order valence-corrected chi connectivity index (χ3v) is 4.41. The summed E-state index contributed by atoms with van der Waals surface area (Å²) in [6.07, 6.45) is 4.68. The molecule has 4 heteroatoms. The number of carbonyl (C=O) groups is 1. The van der Waals surface area contributed by atoms with Gasteiger partial charge in [-0.1, -0.05) is 22.4 Å². The standard InChI is InChI=1S/C15H19BrFNO/c1-10-5-12(8-14(17)6-10)15(19)18-9-11-3-2-4-13(16)7-11/h5-6,8,11,13H,2-4,7,9H2,1H3,(H,18,19). The number of nitrogens with one attached hydrogen (secondary N) is 1. The van der Waals surface area contributed by atoms with Gasteiger partial charge in [0.2, 0.25) is 0 Å². The SMILES string of the molecule is Cc1cc(F)cc(C(=O)NCC2CCCC(Br)C2)c1. The molecule has 0 heterocycles. The summed E-state index contributed by atoms with van der Waals surface area (Å²) < 4.78 is 13.2. The van der Waals surface area contributed by atoms with Gasteiger partial charge in [0.1, 0.15) is 5.82 Å². The van der Waals surface area contributed by atoms with Gasteiger partial charge >= 0.3 is 0 Å². The van der Waals surface area contributed by atoms with E-state index in [2.05, 4.69) is 21.2 Å². The highest BCUT2D eigenvalue weighted by Crippen LogP contribution is 2.28. The molecule has 1 aromatic rings. The first-order valence-corrected chi connectivity index (χ1v) is 7.65. The quantitative estimate of drug-likeness (QED) is 0.840. The van der Waals surface area contributed by atoms with Gasteiger partial charge < -0.3 is 5.32 Å². The van der Waals surface area contributed by atoms with Crippen molar-refractivity contribution in [3.05, 3.63) is 35.1 Å². The van der Waals surface area contributed by atoms with Crippen LogP contribution in [-0.4, -0.2) is 17.3 Å². The summed E-state index contributed by atoms with van der Waals surface area (Å²) >= 11 is 3.64. The maximum Gasteiger partial charge on any atom is 0.251 e. The second-order valence-corrected chi connectivity index (χ2v) is 6.65. The molecular formula is C15H19BrFNO. The maximum atomic E-state index is 13.2. The fourth-order valence-corrected chi connectivity index (χ4v) is 3.47. The smallest absolute Gasteiger partial charge is 0.251 e. The van der Waals surface area contributed by atoms with Crippen LogP contribution in [0.4, 0.5) is 4.39 Å². The third kappa shape index (κ3) is 4.30. The predicted molar refractivity (Wildman–Crippen MR) is 78.1 cm³/mol. The van der Waals surface area contributed by atoms with Gasteiger partial charge in [0.15, 0.2) is 0 Å². The Balaban J connectivity index is 1.90. The highest BCUT2D eigenvalue weighted by Gasteiger charge is 2.20. The van der Waals surface area contributed by atoms with Crippen molar-refractivity contribution in [3.63, 3.8) is 0 Å². The molecule has 2 unspecified atom stereocenters. The minimum Gasteiger partial charge on any atom is -0.352 e. The third-order valence-electron chi connectivity index (χ3n) is 3.57. The number of carbonyl (C=O) groups excluding carboxylic acids is 1. The molecule has 1 aliphatic carbocycles. The van der Waals surface area contributed by atoms with Gasteiger partial charge in [0.05, 0.1) is 0 Å². The van der Waals surface area contributed by atoms with Crippen LogP contribution < -0.4 is 5.32 Å². The normalized spacial score (nSPS) is 23.1. The second-order valence-electron chi connectivity index (χ2n) is 5.36. The Bertz CT molecular complexity index is 443. The number of hydrogen-bond donors (Lipinski definition) is 1. The van der Waals surface area contributed by atoms with Gasteiger partial charge in [-0.05, 0) is 55.9 Å². The van der Waals surface area contributed by atoms with E-state index in [1.165, 1.54) is 25.0 Å². The summed E-state index contributed by atoms with van der Waals surface area (Å²) in [6.45, 7) is 2.47. The Hall–Kier alpha value is -0.900. The summed E-state index contributed by atoms with van der Waals surface area (Å²) in [6, 6.07) is 4.43. The van der Waals surface area contributed by atoms with E-state index in [1.54, 1.807) is 13.0 Å². The molecule has 0 radical (unpaired) electrons. The predicted octanol–water partition coefficient (Wildman–Crippen LogP) is 3.82. The average Bonchev–Trinajstić information content (AvgIpc) is 2.35. The van der Waals surface area contributed by atoms with E-state index in [4.69, 9.17) is 0 Å². The van der Waals surface area contributed by atoms with E-state index in [-0.39, 0.29) is 11.7 Å². The molecule has 1 aliphatic rings. The molecule has 1 saturated carbocycles. The maximum absolute atomic E-state index is 13.2. The van der Waals surface area contributed by atoms with Crippen LogP contribution in [-0.2, 0) is 0 Å². The zero-order chi connectivity index (χ0) is 13.8. The Morgan fingerprint density at radius 1 is 1.42 bits per heavy atom. The van der Waals surface area contributed by atoms with E-state index in [1.807, 2.05) is 0 Å². The average molecular weight is 328 g/mol. The lowest BCUT2D eigenvalue weighted by molar-refractivity contribution is 0.0943. The molecule has 0 aliphatic heterocycles. The van der Waals surface area contributed by atoms with E-state index in [9.17, 15) is 9.18 Å². The lowest BCUT2D eigenvalue weighted by Gasteiger charge is -2.25. The van der Waals surface area contributed by atoms with Crippen LogP contribution in [0, 0.1) is 18.7 Å². The Morgan fingerprint density at radius 2 is 2.21 bits per heavy atom. The zero-order valence-electron chi connectivity index (χ0n) is 11.1. The van der Waals surface area contributed by atoms with E-state index >= 15 is 0 Å². The highest BCUT2D eigenvalue weighted by atomic mass is 79.9. The number of amides is 1. The number of rotatable bonds is 3. The van der Waals surface area contributed by atoms with Crippen molar-refractivity contribution in [2.24, 2.45) is 5.92 Å². The van der Waals surface area contributed by atoms with Gasteiger partial charge in [0, 0.05) is 16.9 Å². The molecule has 19 heavy (non-hydrogen) atoms. The Morgan fingerprint density at radius 3 is 2.89 bits per heavy atom. The van der Waals surface area contributed by atoms with Crippen LogP contribution in [0.2, 0.25) is 0 Å². The first-order valence-electron chi connectivity index (χ1n) is 6.74. The number of benzene rings is 1. The molecule has 0 spiro atoms. The van der Waals surface area contributed by atoms with Crippen molar-refractivity contribution in [2.75, 3.05) is 6.54 Å². The summed E-state index contributed by atoms with van der Waals surface area (Å²) in [5.41, 5.74) is 1.17. The summed E-state index contributed by atoms with van der Waals surface area (Å²) in [5, 5.41) is 2.92. The van der Waals surface area contributed by atoms with Crippen LogP contribution in [0.1, 0.15) is 41.6 Å². The second kappa shape index (κ2) is 6.51. The molecule has 2 rings (SSSR count). The van der Waals surface area contributed by atoms with E-state index in [0.717, 1.165) is 18.4 Å². The van der Waals surface area contributed by atoms with Gasteiger partial charge in [-0.3, -0.25) is 4.79 Å². The number of hydrogen-bond acceptors (Lipinski definition) is 1. The molecule has 2 nitrogen and oxygen atoms in total. The number of aryl methyl sites for hydroxylation is 1. The fourth-order valence-electron chi connectivity index (χ4n) is 2.62. The Kier molecular flexibility index (Phi) is 4.97. The van der Waals surface area contributed by atoms with Crippen molar-refractivity contribution in [1.29, 1.82) is 0 Å². The van der Waals surface area contributed by atoms with Crippen LogP contribution in [0.15, 0.2) is 18.2 Å². The first-order chi connectivity index (χ1) is 9.04. The molecular weight excluding hydrogens is 309 g/mol. The lowest BCUT2D eigenvalue weighted by Crippen LogP contribution is -2.32.